The number of carbonyl (C=O) groups is 1. The molecule has 0 aliphatic carbocycles. The highest BCUT2D eigenvalue weighted by molar-refractivity contribution is 6.01. The van der Waals surface area contributed by atoms with Gasteiger partial charge in [-0.3, -0.25) is 4.79 Å². The predicted octanol–water partition coefficient (Wildman–Crippen LogP) is 13.5. The van der Waals surface area contributed by atoms with Crippen LogP contribution in [0.1, 0.15) is 166 Å². The summed E-state index contributed by atoms with van der Waals surface area (Å²) in [7, 11) is 0. The summed E-state index contributed by atoms with van der Waals surface area (Å²) in [4.78, 5) is 15.4. The molecule has 280 valence electrons. The molecular formula is C45H84N2O. The first-order valence-corrected chi connectivity index (χ1v) is 18.6. The topological polar surface area (TPSA) is 46.3 Å². The molecule has 0 aliphatic heterocycles. The van der Waals surface area contributed by atoms with Gasteiger partial charge >= 0.3 is 0 Å². The van der Waals surface area contributed by atoms with Crippen molar-refractivity contribution in [2.24, 2.45) is 11.7 Å². The van der Waals surface area contributed by atoms with Crippen LogP contribution in [0.4, 0.5) is 0 Å². The molecule has 1 aromatic carbocycles. The van der Waals surface area contributed by atoms with E-state index in [1.807, 2.05) is 40.7 Å². The van der Waals surface area contributed by atoms with Gasteiger partial charge in [0.1, 0.15) is 0 Å². The number of hydrogen-bond acceptors (Lipinski definition) is 3. The van der Waals surface area contributed by atoms with Crippen LogP contribution in [-0.4, -0.2) is 30.3 Å². The van der Waals surface area contributed by atoms with Gasteiger partial charge in [-0.25, -0.2) is 0 Å². The van der Waals surface area contributed by atoms with Gasteiger partial charge in [-0.1, -0.05) is 114 Å². The van der Waals surface area contributed by atoms with E-state index >= 15 is 0 Å². The van der Waals surface area contributed by atoms with Crippen LogP contribution in [0.2, 0.25) is 0 Å². The fourth-order valence-corrected chi connectivity index (χ4v) is 4.68. The van der Waals surface area contributed by atoms with E-state index in [4.69, 9.17) is 5.73 Å². The molecule has 0 spiro atoms. The van der Waals surface area contributed by atoms with Gasteiger partial charge in [0.2, 0.25) is 0 Å². The van der Waals surface area contributed by atoms with E-state index in [-0.39, 0.29) is 19.1 Å². The predicted molar refractivity (Wildman–Crippen MR) is 225 cm³/mol. The third-order valence-corrected chi connectivity index (χ3v) is 7.75. The Morgan fingerprint density at radius 1 is 0.833 bits per heavy atom. The van der Waals surface area contributed by atoms with Crippen LogP contribution in [0.25, 0.3) is 5.57 Å². The fraction of sp³-hybridized carbons (Fsp3) is 0.622. The van der Waals surface area contributed by atoms with E-state index < -0.39 is 0 Å². The van der Waals surface area contributed by atoms with E-state index in [1.54, 1.807) is 6.08 Å². The molecule has 48 heavy (non-hydrogen) atoms. The van der Waals surface area contributed by atoms with Crippen molar-refractivity contribution in [2.75, 3.05) is 19.6 Å². The van der Waals surface area contributed by atoms with Crippen LogP contribution in [0.3, 0.4) is 0 Å². The maximum Gasteiger partial charge on any atom is 0.165 e. The number of rotatable bonds is 15. The molecular weight excluding hydrogens is 585 g/mol. The van der Waals surface area contributed by atoms with Crippen LogP contribution in [-0.2, 0) is 24.1 Å². The van der Waals surface area contributed by atoms with Crippen LogP contribution in [0.15, 0.2) is 66.4 Å². The Morgan fingerprint density at radius 2 is 1.23 bits per heavy atom. The zero-order valence-electron chi connectivity index (χ0n) is 34.2. The number of aryl methyl sites for hydroxylation is 3. The molecule has 0 saturated heterocycles. The largest absolute Gasteiger partial charge is 0.402 e. The number of benzene rings is 1. The van der Waals surface area contributed by atoms with Crippen molar-refractivity contribution < 1.29 is 4.79 Å². The minimum absolute atomic E-state index is 0. The molecule has 3 heteroatoms. The Bertz CT molecular complexity index is 1020. The second-order valence-electron chi connectivity index (χ2n) is 12.3. The minimum Gasteiger partial charge on any atom is -0.402 e. The molecule has 0 saturated carbocycles. The van der Waals surface area contributed by atoms with E-state index in [0.29, 0.717) is 5.70 Å². The second kappa shape index (κ2) is 35.7. The third kappa shape index (κ3) is 23.6. The van der Waals surface area contributed by atoms with Crippen molar-refractivity contribution in [1.82, 2.24) is 4.90 Å². The summed E-state index contributed by atoms with van der Waals surface area (Å²) in [5.74, 6) is 0.0807. The second-order valence-corrected chi connectivity index (χ2v) is 12.3. The summed E-state index contributed by atoms with van der Waals surface area (Å²) in [6.45, 7) is 44.7. The van der Waals surface area contributed by atoms with E-state index in [0.717, 1.165) is 36.0 Å². The molecule has 0 aromatic heterocycles. The lowest BCUT2D eigenvalue weighted by Gasteiger charge is -2.19. The lowest BCUT2D eigenvalue weighted by molar-refractivity contribution is -0.118. The summed E-state index contributed by atoms with van der Waals surface area (Å²) < 4.78 is 0. The fourth-order valence-electron chi connectivity index (χ4n) is 4.68. The van der Waals surface area contributed by atoms with Crippen LogP contribution >= 0.6 is 0 Å². The number of ketones is 1. The summed E-state index contributed by atoms with van der Waals surface area (Å²) in [5.41, 5.74) is 16.2. The summed E-state index contributed by atoms with van der Waals surface area (Å²) in [5, 5.41) is 0. The standard InChI is InChI=1S/C26H39NO.C10H23N.C3H8.C3H6.C2H4.CH4/c1-10-21-14-22(11-2)25(23(12-3)15-21)18(7)17(6)13-24(19(8)20(9)27)26(28)16(4)5;1-4-7-9-11(6-3)10-8-5-2;2*1-3-2;1-2;/h13-16H,10-12,27H2,1-9H3;4-10H2,1-3H3;3H2,1-2H3;3H,1H2,2H3;1-2H2;1H4/b18-17-,20-19+,24-13-;;;;;. The van der Waals surface area contributed by atoms with E-state index in [9.17, 15) is 4.79 Å². The van der Waals surface area contributed by atoms with Crippen LogP contribution < -0.4 is 5.73 Å². The van der Waals surface area contributed by atoms with Gasteiger partial charge < -0.3 is 10.6 Å². The number of hydrogen-bond donors (Lipinski definition) is 1. The van der Waals surface area contributed by atoms with E-state index in [1.165, 1.54) is 79.6 Å². The Kier molecular flexibility index (Phi) is 40.7. The summed E-state index contributed by atoms with van der Waals surface area (Å²) in [6.07, 6.45) is 13.5. The lowest BCUT2D eigenvalue weighted by Crippen LogP contribution is -2.25. The minimum atomic E-state index is -0.0603. The van der Waals surface area contributed by atoms with Gasteiger partial charge in [-0.05, 0) is 131 Å². The summed E-state index contributed by atoms with van der Waals surface area (Å²) in [6, 6.07) is 4.68. The molecule has 0 atom stereocenters. The zero-order chi connectivity index (χ0) is 37.5. The molecule has 1 aromatic rings. The van der Waals surface area contributed by atoms with Crippen LogP contribution in [0, 0.1) is 5.92 Å². The van der Waals surface area contributed by atoms with E-state index in [2.05, 4.69) is 106 Å². The molecule has 0 heterocycles. The number of allylic oxidation sites excluding steroid dienone is 7. The molecule has 2 N–H and O–H groups in total. The van der Waals surface area contributed by atoms with Crippen molar-refractivity contribution in [3.05, 3.63) is 88.7 Å². The van der Waals surface area contributed by atoms with Crippen molar-refractivity contribution in [1.29, 1.82) is 0 Å². The molecule has 3 nitrogen and oxygen atoms in total. The quantitative estimate of drug-likeness (QED) is 0.115. The monoisotopic (exact) mass is 669 g/mol. The van der Waals surface area contributed by atoms with Gasteiger partial charge in [-0.15, -0.1) is 19.7 Å². The Morgan fingerprint density at radius 3 is 1.50 bits per heavy atom. The lowest BCUT2D eigenvalue weighted by atomic mass is 9.86. The number of unbranched alkanes of at least 4 members (excludes halogenated alkanes) is 2. The first-order chi connectivity index (χ1) is 22.3. The normalized spacial score (nSPS) is 11.5. The highest BCUT2D eigenvalue weighted by atomic mass is 16.1. The molecule has 0 aliphatic rings. The van der Waals surface area contributed by atoms with Crippen molar-refractivity contribution >= 4 is 11.4 Å². The average molecular weight is 669 g/mol. The van der Waals surface area contributed by atoms with Crippen molar-refractivity contribution in [2.45, 2.75) is 163 Å². The number of carbonyl (C=O) groups excluding carboxylic acids is 1. The molecule has 0 amide bonds. The van der Waals surface area contributed by atoms with Gasteiger partial charge in [0, 0.05) is 17.2 Å². The van der Waals surface area contributed by atoms with Gasteiger partial charge in [0.15, 0.2) is 5.78 Å². The molecule has 0 radical (unpaired) electrons. The highest BCUT2D eigenvalue weighted by Gasteiger charge is 2.18. The maximum absolute atomic E-state index is 12.8. The smallest absolute Gasteiger partial charge is 0.165 e. The Labute approximate surface area is 303 Å². The Balaban J connectivity index is -0.000000255. The average Bonchev–Trinajstić information content (AvgIpc) is 3.07. The van der Waals surface area contributed by atoms with Gasteiger partial charge in [0.05, 0.1) is 0 Å². The molecule has 0 fully saturated rings. The number of Topliss-reactive ketones (excluding diaryl/α,β-unsaturated/α-hetero) is 1. The molecule has 0 unspecified atom stereocenters. The first-order valence-electron chi connectivity index (χ1n) is 18.6. The van der Waals surface area contributed by atoms with Gasteiger partial charge in [0.25, 0.3) is 0 Å². The third-order valence-electron chi connectivity index (χ3n) is 7.75. The summed E-state index contributed by atoms with van der Waals surface area (Å²) >= 11 is 0. The van der Waals surface area contributed by atoms with Gasteiger partial charge in [-0.2, -0.15) is 0 Å². The molecule has 0 bridgehead atoms. The number of nitrogens with two attached hydrogens (primary N) is 1. The van der Waals surface area contributed by atoms with Crippen molar-refractivity contribution in [3.63, 3.8) is 0 Å². The first kappa shape index (κ1) is 54.8. The number of nitrogens with zero attached hydrogens (tertiary/aromatic N) is 1. The molecule has 1 rings (SSSR count). The maximum atomic E-state index is 12.8. The van der Waals surface area contributed by atoms with Crippen LogP contribution in [0.5, 0.6) is 0 Å². The SMILES string of the molecule is C.C=C.C=CC.CCC.CCCCN(CC)CCCC.CCc1cc(CC)c(\C(C)=C(C)/C=C(C(=O)C(C)C)/C(C)=C(\C)N)c(CC)c1. The highest BCUT2D eigenvalue weighted by Crippen LogP contribution is 2.31. The van der Waals surface area contributed by atoms with Crippen molar-refractivity contribution in [3.8, 4) is 0 Å². The Hall–Kier alpha value is -2.65. The zero-order valence-corrected chi connectivity index (χ0v) is 34.2.